The molecule has 1 amide bonds. The largest absolute Gasteiger partial charge is 0.339 e. The highest BCUT2D eigenvalue weighted by Gasteiger charge is 2.24. The number of hydrogen-bond donors (Lipinski definition) is 1. The first-order valence-corrected chi connectivity index (χ1v) is 9.54. The zero-order chi connectivity index (χ0) is 17.0. The van der Waals surface area contributed by atoms with Gasteiger partial charge in [0, 0.05) is 30.4 Å². The van der Waals surface area contributed by atoms with Gasteiger partial charge in [0.25, 0.3) is 5.91 Å². The minimum Gasteiger partial charge on any atom is -0.339 e. The first-order chi connectivity index (χ1) is 10.8. The van der Waals surface area contributed by atoms with Crippen LogP contribution in [0.3, 0.4) is 0 Å². The molecule has 1 aliphatic heterocycles. The lowest BCUT2D eigenvalue weighted by Crippen LogP contribution is -2.44. The van der Waals surface area contributed by atoms with Crippen molar-refractivity contribution in [2.24, 2.45) is 0 Å². The summed E-state index contributed by atoms with van der Waals surface area (Å²) in [6.07, 6.45) is 1.96. The Kier molecular flexibility index (Phi) is 5.64. The molecule has 0 unspecified atom stereocenters. The molecule has 0 aliphatic carbocycles. The zero-order valence-electron chi connectivity index (χ0n) is 13.9. The number of nitrogens with one attached hydrogen (secondary N) is 1. The van der Waals surface area contributed by atoms with Gasteiger partial charge in [-0.2, -0.15) is 0 Å². The average molecular weight is 339 g/mol. The molecule has 0 aromatic heterocycles. The van der Waals surface area contributed by atoms with Gasteiger partial charge in [-0.3, -0.25) is 9.52 Å². The number of anilines is 1. The normalized spacial score (nSPS) is 16.6. The van der Waals surface area contributed by atoms with Crippen LogP contribution in [0.25, 0.3) is 0 Å². The van der Waals surface area contributed by atoms with Crippen LogP contribution in [0.4, 0.5) is 5.69 Å². The van der Waals surface area contributed by atoms with Crippen molar-refractivity contribution in [3.05, 3.63) is 29.8 Å². The van der Waals surface area contributed by atoms with E-state index in [9.17, 15) is 13.2 Å². The van der Waals surface area contributed by atoms with Crippen molar-refractivity contribution in [3.63, 3.8) is 0 Å². The first kappa shape index (κ1) is 17.7. The van der Waals surface area contributed by atoms with Crippen molar-refractivity contribution in [2.75, 3.05) is 37.7 Å². The Morgan fingerprint density at radius 1 is 1.22 bits per heavy atom. The molecule has 128 valence electrons. The second-order valence-electron chi connectivity index (χ2n) is 6.07. The van der Waals surface area contributed by atoms with Crippen molar-refractivity contribution < 1.29 is 13.2 Å². The van der Waals surface area contributed by atoms with E-state index in [1.165, 1.54) is 0 Å². The Bertz CT molecular complexity index is 633. The average Bonchev–Trinajstić information content (AvgIpc) is 2.54. The third-order valence-corrected chi connectivity index (χ3v) is 5.57. The highest BCUT2D eigenvalue weighted by molar-refractivity contribution is 7.92. The summed E-state index contributed by atoms with van der Waals surface area (Å²) in [7, 11) is 0.845. The molecule has 2 rings (SSSR count). The lowest BCUT2D eigenvalue weighted by molar-refractivity contribution is 0.0663. The van der Waals surface area contributed by atoms with E-state index in [0.717, 1.165) is 25.9 Å². The number of nitrogens with zero attached hydrogens (tertiary/aromatic N) is 2. The Morgan fingerprint density at radius 2 is 1.78 bits per heavy atom. The van der Waals surface area contributed by atoms with Gasteiger partial charge in [-0.1, -0.05) is 0 Å². The molecule has 7 heteroatoms. The summed E-state index contributed by atoms with van der Waals surface area (Å²) in [5.74, 6) is 0.0289. The molecular weight excluding hydrogens is 314 g/mol. The Morgan fingerprint density at radius 3 is 2.26 bits per heavy atom. The van der Waals surface area contributed by atoms with Gasteiger partial charge in [0.15, 0.2) is 0 Å². The van der Waals surface area contributed by atoms with E-state index >= 15 is 0 Å². The van der Waals surface area contributed by atoms with Gasteiger partial charge < -0.3 is 9.80 Å². The summed E-state index contributed by atoms with van der Waals surface area (Å²) < 4.78 is 25.5. The zero-order valence-corrected chi connectivity index (χ0v) is 14.8. The van der Waals surface area contributed by atoms with Crippen LogP contribution in [0.2, 0.25) is 0 Å². The van der Waals surface area contributed by atoms with Crippen molar-refractivity contribution in [1.82, 2.24) is 9.80 Å². The molecule has 6 nitrogen and oxygen atoms in total. The monoisotopic (exact) mass is 339 g/mol. The fourth-order valence-electron chi connectivity index (χ4n) is 2.70. The summed E-state index contributed by atoms with van der Waals surface area (Å²) in [5.41, 5.74) is 1.07. The molecule has 0 atom stereocenters. The van der Waals surface area contributed by atoms with Gasteiger partial charge >= 0.3 is 0 Å². The number of carbonyl (C=O) groups excluding carboxylic acids is 1. The van der Waals surface area contributed by atoms with Crippen LogP contribution in [-0.2, 0) is 10.0 Å². The summed E-state index contributed by atoms with van der Waals surface area (Å²) in [6, 6.07) is 7.15. The maximum absolute atomic E-state index is 12.5. The molecule has 1 aromatic carbocycles. The van der Waals surface area contributed by atoms with Gasteiger partial charge in [0.2, 0.25) is 10.0 Å². The predicted octanol–water partition coefficient (Wildman–Crippen LogP) is 1.61. The third kappa shape index (κ3) is 4.68. The molecule has 1 aliphatic rings. The molecule has 1 N–H and O–H groups in total. The van der Waals surface area contributed by atoms with E-state index in [4.69, 9.17) is 0 Å². The number of sulfonamides is 1. The maximum atomic E-state index is 12.5. The van der Waals surface area contributed by atoms with Gasteiger partial charge in [-0.05, 0) is 58.1 Å². The quantitative estimate of drug-likeness (QED) is 0.885. The maximum Gasteiger partial charge on any atom is 0.253 e. The number of rotatable bonds is 5. The highest BCUT2D eigenvalue weighted by atomic mass is 32.2. The number of carbonyl (C=O) groups is 1. The Labute approximate surface area is 138 Å². The molecule has 1 heterocycles. The van der Waals surface area contributed by atoms with Crippen LogP contribution >= 0.6 is 0 Å². The fourth-order valence-corrected chi connectivity index (χ4v) is 3.34. The number of piperidine rings is 1. The summed E-state index contributed by atoms with van der Waals surface area (Å²) >= 11 is 0. The predicted molar refractivity (Wildman–Crippen MR) is 92.1 cm³/mol. The number of amides is 1. The minimum absolute atomic E-state index is 0.00658. The van der Waals surface area contributed by atoms with Gasteiger partial charge in [-0.15, -0.1) is 0 Å². The molecule has 0 saturated carbocycles. The standard InChI is InChI=1S/C16H25N3O3S/c1-4-23(21,22)17-14-7-5-13(6-8-14)16(20)19-11-9-15(10-12-19)18(2)3/h5-8,15,17H,4,9-12H2,1-3H3. The van der Waals surface area contributed by atoms with Gasteiger partial charge in [-0.25, -0.2) is 8.42 Å². The van der Waals surface area contributed by atoms with Gasteiger partial charge in [0.05, 0.1) is 5.75 Å². The SMILES string of the molecule is CCS(=O)(=O)Nc1ccc(C(=O)N2CCC(N(C)C)CC2)cc1. The van der Waals surface area contributed by atoms with Crippen LogP contribution in [0.1, 0.15) is 30.1 Å². The van der Waals surface area contributed by atoms with E-state index in [0.29, 0.717) is 17.3 Å². The summed E-state index contributed by atoms with van der Waals surface area (Å²) in [6.45, 7) is 3.09. The number of hydrogen-bond acceptors (Lipinski definition) is 4. The molecule has 1 aromatic rings. The van der Waals surface area contributed by atoms with Crippen LogP contribution in [0, 0.1) is 0 Å². The molecule has 1 fully saturated rings. The Hall–Kier alpha value is -1.60. The highest BCUT2D eigenvalue weighted by Crippen LogP contribution is 2.18. The number of likely N-dealkylation sites (tertiary alicyclic amines) is 1. The van der Waals surface area contributed by atoms with Crippen LogP contribution in [0.15, 0.2) is 24.3 Å². The summed E-state index contributed by atoms with van der Waals surface area (Å²) in [5, 5.41) is 0. The van der Waals surface area contributed by atoms with Crippen molar-refractivity contribution >= 4 is 21.6 Å². The van der Waals surface area contributed by atoms with Crippen LogP contribution in [0.5, 0.6) is 0 Å². The molecular formula is C16H25N3O3S. The van der Waals surface area contributed by atoms with Crippen molar-refractivity contribution in [2.45, 2.75) is 25.8 Å². The summed E-state index contributed by atoms with van der Waals surface area (Å²) in [4.78, 5) is 16.6. The van der Waals surface area contributed by atoms with Crippen LogP contribution < -0.4 is 4.72 Å². The van der Waals surface area contributed by atoms with E-state index in [2.05, 4.69) is 23.7 Å². The second kappa shape index (κ2) is 7.31. The molecule has 0 radical (unpaired) electrons. The minimum atomic E-state index is -3.29. The van der Waals surface area contributed by atoms with Crippen molar-refractivity contribution in [1.29, 1.82) is 0 Å². The number of benzene rings is 1. The Balaban J connectivity index is 1.98. The van der Waals surface area contributed by atoms with E-state index in [-0.39, 0.29) is 11.7 Å². The van der Waals surface area contributed by atoms with Crippen molar-refractivity contribution in [3.8, 4) is 0 Å². The molecule has 23 heavy (non-hydrogen) atoms. The first-order valence-electron chi connectivity index (χ1n) is 7.88. The van der Waals surface area contributed by atoms with Gasteiger partial charge in [0.1, 0.15) is 0 Å². The van der Waals surface area contributed by atoms with E-state index in [1.807, 2.05) is 4.90 Å². The molecule has 1 saturated heterocycles. The van der Waals surface area contributed by atoms with E-state index in [1.54, 1.807) is 31.2 Å². The lowest BCUT2D eigenvalue weighted by Gasteiger charge is -2.35. The lowest BCUT2D eigenvalue weighted by atomic mass is 10.0. The molecule has 0 spiro atoms. The smallest absolute Gasteiger partial charge is 0.253 e. The molecule has 0 bridgehead atoms. The third-order valence-electron chi connectivity index (χ3n) is 4.27. The fraction of sp³-hybridized carbons (Fsp3) is 0.562. The van der Waals surface area contributed by atoms with E-state index < -0.39 is 10.0 Å². The topological polar surface area (TPSA) is 69.7 Å². The second-order valence-corrected chi connectivity index (χ2v) is 8.08. The van der Waals surface area contributed by atoms with Crippen LogP contribution in [-0.4, -0.2) is 63.1 Å².